The third-order valence-corrected chi connectivity index (χ3v) is 9.28. The Morgan fingerprint density at radius 1 is 1.23 bits per heavy atom. The lowest BCUT2D eigenvalue weighted by atomic mass is 10.1. The van der Waals surface area contributed by atoms with Gasteiger partial charge in [-0.05, 0) is 50.8 Å². The molecule has 0 atom stereocenters. The summed E-state index contributed by atoms with van der Waals surface area (Å²) in [5, 5.41) is 2.24. The first-order chi connectivity index (χ1) is 14.6. The molecule has 1 saturated carbocycles. The van der Waals surface area contributed by atoms with Crippen LogP contribution in [0.15, 0.2) is 28.5 Å². The summed E-state index contributed by atoms with van der Waals surface area (Å²) in [6.07, 6.45) is 1.81. The van der Waals surface area contributed by atoms with Crippen molar-refractivity contribution in [1.82, 2.24) is 4.98 Å². The van der Waals surface area contributed by atoms with Gasteiger partial charge >= 0.3 is 5.97 Å². The third-order valence-electron chi connectivity index (χ3n) is 5.75. The molecule has 0 aliphatic heterocycles. The first-order valence-electron chi connectivity index (χ1n) is 10.3. The first kappa shape index (κ1) is 23.4. The second kappa shape index (κ2) is 9.08. The van der Waals surface area contributed by atoms with Crippen molar-refractivity contribution in [1.29, 1.82) is 0 Å². The molecule has 0 saturated heterocycles. The van der Waals surface area contributed by atoms with Crippen LogP contribution in [0, 0.1) is 13.8 Å². The summed E-state index contributed by atoms with van der Waals surface area (Å²) < 4.78 is 31.2. The van der Waals surface area contributed by atoms with E-state index in [1.54, 1.807) is 24.4 Å². The Balaban J connectivity index is 1.84. The van der Waals surface area contributed by atoms with Crippen LogP contribution in [-0.4, -0.2) is 36.6 Å². The number of rotatable bonds is 7. The number of sulfone groups is 1. The van der Waals surface area contributed by atoms with E-state index in [1.165, 1.54) is 23.2 Å². The molecule has 1 aliphatic carbocycles. The fourth-order valence-corrected chi connectivity index (χ4v) is 7.26. The van der Waals surface area contributed by atoms with E-state index in [0.717, 1.165) is 5.56 Å². The highest BCUT2D eigenvalue weighted by Crippen LogP contribution is 2.42. The van der Waals surface area contributed by atoms with E-state index >= 15 is 0 Å². The molecule has 1 fully saturated rings. The molecule has 1 heterocycles. The molecule has 0 N–H and O–H groups in total. The number of carbonyl (C=O) groups is 2. The number of aromatic nitrogens is 1. The number of anilines is 1. The Morgan fingerprint density at radius 2 is 1.90 bits per heavy atom. The molecule has 3 rings (SSSR count). The van der Waals surface area contributed by atoms with Gasteiger partial charge in [0.1, 0.15) is 6.61 Å². The van der Waals surface area contributed by atoms with Gasteiger partial charge in [-0.2, -0.15) is 0 Å². The number of aryl methyl sites for hydroxylation is 2. The summed E-state index contributed by atoms with van der Waals surface area (Å²) in [7, 11) is -3.93. The average Bonchev–Trinajstić information content (AvgIpc) is 3.39. The molecule has 0 bridgehead atoms. The Kier molecular flexibility index (Phi) is 6.85. The number of nitrogens with zero attached hydrogens (tertiary/aromatic N) is 2. The Morgan fingerprint density at radius 3 is 2.52 bits per heavy atom. The molecule has 0 spiro atoms. The van der Waals surface area contributed by atoms with E-state index in [4.69, 9.17) is 4.74 Å². The smallest absolute Gasteiger partial charge is 0.328 e. The number of hydrogen-bond donors (Lipinski definition) is 0. The van der Waals surface area contributed by atoms with E-state index in [2.05, 4.69) is 4.98 Å². The molecule has 7 nitrogen and oxygen atoms in total. The van der Waals surface area contributed by atoms with Gasteiger partial charge in [-0.25, -0.2) is 13.4 Å². The largest absolute Gasteiger partial charge is 0.458 e. The van der Waals surface area contributed by atoms with Crippen LogP contribution in [0.3, 0.4) is 0 Å². The number of carbonyl (C=O) groups excluding carboxylic acids is 2. The molecule has 1 aromatic carbocycles. The molecule has 1 aromatic heterocycles. The normalized spacial score (nSPS) is 15.6. The van der Waals surface area contributed by atoms with Crippen LogP contribution in [0.5, 0.6) is 0 Å². The second-order valence-corrected chi connectivity index (χ2v) is 11.0. The quantitative estimate of drug-likeness (QED) is 0.576. The minimum absolute atomic E-state index is 0.120. The molecule has 0 unspecified atom stereocenters. The highest BCUT2D eigenvalue weighted by Gasteiger charge is 2.54. The summed E-state index contributed by atoms with van der Waals surface area (Å²) in [4.78, 5) is 31.0. The van der Waals surface area contributed by atoms with Gasteiger partial charge in [0.05, 0.1) is 10.6 Å². The van der Waals surface area contributed by atoms with Crippen LogP contribution in [0.25, 0.3) is 0 Å². The number of esters is 1. The van der Waals surface area contributed by atoms with Crippen LogP contribution in [0.1, 0.15) is 56.4 Å². The molecule has 31 heavy (non-hydrogen) atoms. The molecule has 168 valence electrons. The molecule has 1 amide bonds. The fourth-order valence-electron chi connectivity index (χ4n) is 3.99. The highest BCUT2D eigenvalue weighted by molar-refractivity contribution is 7.93. The number of thiazole rings is 1. The van der Waals surface area contributed by atoms with E-state index in [9.17, 15) is 18.0 Å². The zero-order valence-corrected chi connectivity index (χ0v) is 19.9. The van der Waals surface area contributed by atoms with Gasteiger partial charge in [0.25, 0.3) is 0 Å². The van der Waals surface area contributed by atoms with Crippen molar-refractivity contribution in [2.45, 2.75) is 69.6 Å². The van der Waals surface area contributed by atoms with Gasteiger partial charge in [-0.3, -0.25) is 14.5 Å². The molecular weight excluding hydrogens is 436 g/mol. The summed E-state index contributed by atoms with van der Waals surface area (Å²) in [6, 6.07) is 5.25. The van der Waals surface area contributed by atoms with E-state index in [-0.39, 0.29) is 30.3 Å². The minimum Gasteiger partial charge on any atom is -0.458 e. The van der Waals surface area contributed by atoms with Crippen molar-refractivity contribution in [3.8, 4) is 0 Å². The number of amides is 1. The van der Waals surface area contributed by atoms with E-state index in [0.29, 0.717) is 35.8 Å². The van der Waals surface area contributed by atoms with Gasteiger partial charge in [0, 0.05) is 18.8 Å². The lowest BCUT2D eigenvalue weighted by Gasteiger charge is -2.27. The maximum Gasteiger partial charge on any atom is 0.328 e. The molecule has 9 heteroatoms. The average molecular weight is 465 g/mol. The van der Waals surface area contributed by atoms with Gasteiger partial charge < -0.3 is 4.74 Å². The predicted molar refractivity (Wildman–Crippen MR) is 120 cm³/mol. The van der Waals surface area contributed by atoms with Gasteiger partial charge in [0.2, 0.25) is 5.91 Å². The predicted octanol–water partition coefficient (Wildman–Crippen LogP) is 3.96. The second-order valence-electron chi connectivity index (χ2n) is 7.93. The molecule has 1 aliphatic rings. The maximum atomic E-state index is 13.6. The van der Waals surface area contributed by atoms with Gasteiger partial charge in [-0.15, -0.1) is 11.3 Å². The maximum absolute atomic E-state index is 13.6. The van der Waals surface area contributed by atoms with Crippen molar-refractivity contribution in [2.24, 2.45) is 0 Å². The van der Waals surface area contributed by atoms with Crippen LogP contribution >= 0.6 is 11.3 Å². The summed E-state index contributed by atoms with van der Waals surface area (Å²) in [5.41, 5.74) is 1.94. The Bertz CT molecular complexity index is 1090. The summed E-state index contributed by atoms with van der Waals surface area (Å²) in [6.45, 7) is 7.25. The minimum atomic E-state index is -3.93. The lowest BCUT2D eigenvalue weighted by Crippen LogP contribution is -2.45. The van der Waals surface area contributed by atoms with Crippen molar-refractivity contribution in [2.75, 3.05) is 11.4 Å². The zero-order valence-electron chi connectivity index (χ0n) is 18.3. The van der Waals surface area contributed by atoms with Crippen LogP contribution < -0.4 is 4.90 Å². The van der Waals surface area contributed by atoms with Gasteiger partial charge in [-0.1, -0.05) is 25.0 Å². The SMILES string of the molecule is CCN(C(C)=O)c1nc(COC(=O)C2(S(=O)(=O)c3cc(C)ccc3C)CCCC2)cs1. The number of ether oxygens (including phenoxy) is 1. The van der Waals surface area contributed by atoms with E-state index < -0.39 is 20.6 Å². The highest BCUT2D eigenvalue weighted by atomic mass is 32.2. The Hall–Kier alpha value is -2.26. The Labute approximate surface area is 187 Å². The lowest BCUT2D eigenvalue weighted by molar-refractivity contribution is -0.148. The van der Waals surface area contributed by atoms with Gasteiger partial charge in [0.15, 0.2) is 19.7 Å². The zero-order chi connectivity index (χ0) is 22.8. The van der Waals surface area contributed by atoms with Crippen molar-refractivity contribution >= 4 is 38.2 Å². The topological polar surface area (TPSA) is 93.6 Å². The third kappa shape index (κ3) is 4.39. The molecule has 2 aromatic rings. The van der Waals surface area contributed by atoms with Crippen LogP contribution in [-0.2, 0) is 30.8 Å². The van der Waals surface area contributed by atoms with Crippen molar-refractivity contribution in [3.63, 3.8) is 0 Å². The van der Waals surface area contributed by atoms with Crippen molar-refractivity contribution in [3.05, 3.63) is 40.4 Å². The fraction of sp³-hybridized carbons (Fsp3) is 0.500. The van der Waals surface area contributed by atoms with Crippen molar-refractivity contribution < 1.29 is 22.7 Å². The standard InChI is InChI=1S/C22H28N2O5S2/c1-5-24(17(4)25)21-23-18(14-30-21)13-29-20(26)22(10-6-7-11-22)31(27,28)19-12-15(2)8-9-16(19)3/h8-9,12,14H,5-7,10-11,13H2,1-4H3. The molecular formula is C22H28N2O5S2. The summed E-state index contributed by atoms with van der Waals surface area (Å²) in [5.74, 6) is -0.843. The van der Waals surface area contributed by atoms with Crippen LogP contribution in [0.4, 0.5) is 5.13 Å². The van der Waals surface area contributed by atoms with Crippen LogP contribution in [0.2, 0.25) is 0 Å². The monoisotopic (exact) mass is 464 g/mol. The first-order valence-corrected chi connectivity index (χ1v) is 12.7. The van der Waals surface area contributed by atoms with E-state index in [1.807, 2.05) is 19.9 Å². The number of benzene rings is 1. The molecule has 0 radical (unpaired) electrons. The number of hydrogen-bond acceptors (Lipinski definition) is 7. The summed E-state index contributed by atoms with van der Waals surface area (Å²) >= 11 is 1.28.